The molecular formula is C22H24N8O. The van der Waals surface area contributed by atoms with Gasteiger partial charge < -0.3 is 26.4 Å². The van der Waals surface area contributed by atoms with Gasteiger partial charge in [-0.05, 0) is 48.9 Å². The van der Waals surface area contributed by atoms with Gasteiger partial charge >= 0.3 is 0 Å². The lowest BCUT2D eigenvalue weighted by molar-refractivity contribution is 0.415. The summed E-state index contributed by atoms with van der Waals surface area (Å²) in [5.41, 5.74) is 15.1. The van der Waals surface area contributed by atoms with Crippen molar-refractivity contribution in [2.75, 3.05) is 35.8 Å². The van der Waals surface area contributed by atoms with Crippen LogP contribution in [-0.4, -0.2) is 34.1 Å². The van der Waals surface area contributed by atoms with Crippen molar-refractivity contribution in [3.05, 3.63) is 60.3 Å². The predicted molar refractivity (Wildman–Crippen MR) is 123 cm³/mol. The molecule has 9 nitrogen and oxygen atoms in total. The molecule has 1 atom stereocenters. The fraction of sp³-hybridized carbons (Fsp3) is 0.182. The van der Waals surface area contributed by atoms with Crippen molar-refractivity contribution >= 4 is 40.1 Å². The number of ether oxygens (including phenoxy) is 1. The molecule has 1 unspecified atom stereocenters. The van der Waals surface area contributed by atoms with E-state index in [9.17, 15) is 0 Å². The molecule has 9 heteroatoms. The molecule has 5 N–H and O–H groups in total. The van der Waals surface area contributed by atoms with E-state index in [0.29, 0.717) is 17.0 Å². The summed E-state index contributed by atoms with van der Waals surface area (Å²) in [6, 6.07) is 16.1. The first-order chi connectivity index (χ1) is 14.9. The molecule has 31 heavy (non-hydrogen) atoms. The zero-order valence-electron chi connectivity index (χ0n) is 17.6. The Bertz CT molecular complexity index is 1190. The van der Waals surface area contributed by atoms with Gasteiger partial charge in [0.2, 0.25) is 11.9 Å². The van der Waals surface area contributed by atoms with Crippen LogP contribution in [0.1, 0.15) is 18.5 Å². The van der Waals surface area contributed by atoms with E-state index in [1.165, 1.54) is 0 Å². The Labute approximate surface area is 180 Å². The molecule has 4 rings (SSSR count). The van der Waals surface area contributed by atoms with Gasteiger partial charge in [0.1, 0.15) is 11.6 Å². The van der Waals surface area contributed by atoms with E-state index in [2.05, 4.69) is 44.3 Å². The quantitative estimate of drug-likeness (QED) is 0.432. The number of methoxy groups -OCH3 is 1. The second kappa shape index (κ2) is 8.31. The number of nitrogens with zero attached hydrogens (tertiary/aromatic N) is 5. The summed E-state index contributed by atoms with van der Waals surface area (Å²) in [5, 5.41) is 3.96. The molecule has 0 bridgehead atoms. The van der Waals surface area contributed by atoms with Crippen molar-refractivity contribution in [2.24, 2.45) is 0 Å². The van der Waals surface area contributed by atoms with Crippen molar-refractivity contribution in [2.45, 2.75) is 13.0 Å². The van der Waals surface area contributed by atoms with Crippen molar-refractivity contribution in [3.63, 3.8) is 0 Å². The highest BCUT2D eigenvalue weighted by atomic mass is 16.5. The number of hydrogen-bond acceptors (Lipinski definition) is 9. The van der Waals surface area contributed by atoms with E-state index in [4.69, 9.17) is 16.2 Å². The summed E-state index contributed by atoms with van der Waals surface area (Å²) in [5.74, 6) is 1.71. The van der Waals surface area contributed by atoms with Crippen LogP contribution in [0.25, 0.3) is 11.0 Å². The van der Waals surface area contributed by atoms with Gasteiger partial charge in [-0.25, -0.2) is 4.98 Å². The van der Waals surface area contributed by atoms with Crippen molar-refractivity contribution in [3.8, 4) is 5.75 Å². The molecule has 2 aromatic heterocycles. The summed E-state index contributed by atoms with van der Waals surface area (Å²) in [7, 11) is 3.59. The standard InChI is InChI=1S/C22H24N8O/c1-13(30(2)22-25-12-18-19(23)27-21(24)28-20(18)29-22)14-4-6-15(7-5-14)26-16-8-10-17(31-3)11-9-16/h4-13,26H,1-3H3,(H4,23,24,25,27,28,29). The van der Waals surface area contributed by atoms with Gasteiger partial charge in [-0.2, -0.15) is 15.0 Å². The highest BCUT2D eigenvalue weighted by molar-refractivity contribution is 5.86. The van der Waals surface area contributed by atoms with E-state index in [-0.39, 0.29) is 17.8 Å². The summed E-state index contributed by atoms with van der Waals surface area (Å²) < 4.78 is 5.19. The Morgan fingerprint density at radius 3 is 2.23 bits per heavy atom. The molecule has 0 amide bonds. The molecule has 158 valence electrons. The lowest BCUT2D eigenvalue weighted by Crippen LogP contribution is -2.24. The van der Waals surface area contributed by atoms with Crippen LogP contribution in [0.5, 0.6) is 5.75 Å². The molecule has 0 aliphatic heterocycles. The first kappa shape index (κ1) is 20.1. The SMILES string of the molecule is COc1ccc(Nc2ccc(C(C)N(C)c3ncc4c(N)nc(N)nc4n3)cc2)cc1. The summed E-state index contributed by atoms with van der Waals surface area (Å²) >= 11 is 0. The second-order valence-corrected chi connectivity index (χ2v) is 7.14. The Hall–Kier alpha value is -4.14. The molecule has 0 saturated carbocycles. The van der Waals surface area contributed by atoms with E-state index < -0.39 is 0 Å². The van der Waals surface area contributed by atoms with Crippen LogP contribution in [0.2, 0.25) is 0 Å². The fourth-order valence-corrected chi connectivity index (χ4v) is 3.20. The third kappa shape index (κ3) is 4.25. The van der Waals surface area contributed by atoms with Crippen LogP contribution in [-0.2, 0) is 0 Å². The Morgan fingerprint density at radius 1 is 0.935 bits per heavy atom. The molecule has 2 aromatic carbocycles. The van der Waals surface area contributed by atoms with Gasteiger partial charge in [-0.15, -0.1) is 0 Å². The molecule has 4 aromatic rings. The number of rotatable bonds is 6. The van der Waals surface area contributed by atoms with Gasteiger partial charge in [0, 0.05) is 24.6 Å². The maximum Gasteiger partial charge on any atom is 0.227 e. The number of fused-ring (bicyclic) bond motifs is 1. The van der Waals surface area contributed by atoms with Crippen LogP contribution in [0.4, 0.5) is 29.1 Å². The zero-order chi connectivity index (χ0) is 22.0. The van der Waals surface area contributed by atoms with Gasteiger partial charge in [-0.3, -0.25) is 0 Å². The average Bonchev–Trinajstić information content (AvgIpc) is 2.78. The summed E-state index contributed by atoms with van der Waals surface area (Å²) in [6.07, 6.45) is 1.62. The summed E-state index contributed by atoms with van der Waals surface area (Å²) in [4.78, 5) is 19.0. The van der Waals surface area contributed by atoms with Gasteiger partial charge in [0.25, 0.3) is 0 Å². The van der Waals surface area contributed by atoms with Crippen molar-refractivity contribution in [1.82, 2.24) is 19.9 Å². The van der Waals surface area contributed by atoms with Gasteiger partial charge in [-0.1, -0.05) is 12.1 Å². The van der Waals surface area contributed by atoms with E-state index in [1.807, 2.05) is 48.3 Å². The minimum absolute atomic E-state index is 0.0315. The molecule has 2 heterocycles. The minimum atomic E-state index is 0.0315. The van der Waals surface area contributed by atoms with Crippen molar-refractivity contribution < 1.29 is 4.74 Å². The van der Waals surface area contributed by atoms with E-state index in [1.54, 1.807) is 13.3 Å². The first-order valence-corrected chi connectivity index (χ1v) is 9.74. The first-order valence-electron chi connectivity index (χ1n) is 9.74. The van der Waals surface area contributed by atoms with E-state index in [0.717, 1.165) is 22.7 Å². The maximum absolute atomic E-state index is 5.88. The normalized spacial score (nSPS) is 11.8. The zero-order valence-corrected chi connectivity index (χ0v) is 17.6. The second-order valence-electron chi connectivity index (χ2n) is 7.14. The molecule has 0 radical (unpaired) electrons. The Morgan fingerprint density at radius 2 is 1.58 bits per heavy atom. The van der Waals surface area contributed by atoms with Gasteiger partial charge in [0.05, 0.1) is 18.5 Å². The third-order valence-electron chi connectivity index (χ3n) is 5.16. The fourth-order valence-electron chi connectivity index (χ4n) is 3.20. The summed E-state index contributed by atoms with van der Waals surface area (Å²) in [6.45, 7) is 2.09. The highest BCUT2D eigenvalue weighted by Gasteiger charge is 2.16. The lowest BCUT2D eigenvalue weighted by atomic mass is 10.1. The smallest absolute Gasteiger partial charge is 0.227 e. The van der Waals surface area contributed by atoms with Crippen LogP contribution in [0.3, 0.4) is 0 Å². The topological polar surface area (TPSA) is 128 Å². The molecule has 0 aliphatic rings. The predicted octanol–water partition coefficient (Wildman–Crippen LogP) is 3.53. The van der Waals surface area contributed by atoms with E-state index >= 15 is 0 Å². The number of nitrogen functional groups attached to an aromatic ring is 2. The number of anilines is 5. The average molecular weight is 416 g/mol. The molecule has 0 spiro atoms. The minimum Gasteiger partial charge on any atom is -0.497 e. The number of benzene rings is 2. The monoisotopic (exact) mass is 416 g/mol. The van der Waals surface area contributed by atoms with Gasteiger partial charge in [0.15, 0.2) is 5.65 Å². The molecule has 0 saturated heterocycles. The molecule has 0 fully saturated rings. The van der Waals surface area contributed by atoms with Crippen LogP contribution >= 0.6 is 0 Å². The Balaban J connectivity index is 1.50. The molecule has 0 aliphatic carbocycles. The third-order valence-corrected chi connectivity index (χ3v) is 5.16. The highest BCUT2D eigenvalue weighted by Crippen LogP contribution is 2.27. The number of nitrogens with one attached hydrogen (secondary N) is 1. The number of nitrogens with two attached hydrogens (primary N) is 2. The van der Waals surface area contributed by atoms with Crippen LogP contribution < -0.4 is 26.4 Å². The Kier molecular flexibility index (Phi) is 5.40. The molecular weight excluding hydrogens is 392 g/mol. The maximum atomic E-state index is 5.88. The van der Waals surface area contributed by atoms with Crippen LogP contribution in [0.15, 0.2) is 54.7 Å². The number of hydrogen-bond donors (Lipinski definition) is 3. The lowest BCUT2D eigenvalue weighted by Gasteiger charge is -2.25. The van der Waals surface area contributed by atoms with Crippen molar-refractivity contribution in [1.29, 1.82) is 0 Å². The number of aromatic nitrogens is 4. The van der Waals surface area contributed by atoms with Crippen LogP contribution in [0, 0.1) is 0 Å². The largest absolute Gasteiger partial charge is 0.497 e.